The van der Waals surface area contributed by atoms with Crippen molar-refractivity contribution in [2.45, 2.75) is 4.90 Å². The molecule has 1 heterocycles. The van der Waals surface area contributed by atoms with Gasteiger partial charge in [-0.05, 0) is 18.2 Å². The maximum absolute atomic E-state index is 12.1. The molecule has 0 fully saturated rings. The molecular weight excluding hydrogens is 314 g/mol. The van der Waals surface area contributed by atoms with Gasteiger partial charge in [-0.15, -0.1) is 5.10 Å². The third-order valence-electron chi connectivity index (χ3n) is 2.06. The van der Waals surface area contributed by atoms with Crippen molar-refractivity contribution in [1.29, 1.82) is 0 Å². The first kappa shape index (κ1) is 13.7. The van der Waals surface area contributed by atoms with Gasteiger partial charge in [0.1, 0.15) is 9.90 Å². The summed E-state index contributed by atoms with van der Waals surface area (Å²) < 4.78 is 29.8. The van der Waals surface area contributed by atoms with Crippen molar-refractivity contribution in [2.75, 3.05) is 4.72 Å². The Balaban J connectivity index is 2.45. The van der Waals surface area contributed by atoms with Crippen molar-refractivity contribution in [3.05, 3.63) is 35.0 Å². The second-order valence-electron chi connectivity index (χ2n) is 3.34. The molecule has 0 radical (unpaired) electrons. The Bertz CT molecular complexity index is 715. The van der Waals surface area contributed by atoms with Gasteiger partial charge >= 0.3 is 5.97 Å². The van der Waals surface area contributed by atoms with Crippen molar-refractivity contribution < 1.29 is 18.3 Å². The number of hydrogen-bond acceptors (Lipinski definition) is 6. The highest BCUT2D eigenvalue weighted by atomic mass is 35.5. The Labute approximate surface area is 117 Å². The summed E-state index contributed by atoms with van der Waals surface area (Å²) in [5, 5.41) is 12.5. The highest BCUT2D eigenvalue weighted by molar-refractivity contribution is 7.93. The number of nitrogens with one attached hydrogen (secondary N) is 1. The van der Waals surface area contributed by atoms with Gasteiger partial charge in [-0.2, -0.15) is 0 Å². The van der Waals surface area contributed by atoms with Crippen LogP contribution in [0, 0.1) is 0 Å². The lowest BCUT2D eigenvalue weighted by Gasteiger charge is -2.07. The lowest BCUT2D eigenvalue weighted by molar-refractivity contribution is 0.0696. The Kier molecular flexibility index (Phi) is 3.69. The predicted molar refractivity (Wildman–Crippen MR) is 69.1 cm³/mol. The maximum Gasteiger partial charge on any atom is 0.335 e. The van der Waals surface area contributed by atoms with E-state index in [1.54, 1.807) is 0 Å². The summed E-state index contributed by atoms with van der Waals surface area (Å²) in [6, 6.07) is 3.42. The number of carboxylic acid groups (broad SMARTS) is 1. The second-order valence-corrected chi connectivity index (χ2v) is 6.18. The van der Waals surface area contributed by atoms with Crippen LogP contribution in [0.1, 0.15) is 10.4 Å². The van der Waals surface area contributed by atoms with Crippen LogP contribution in [-0.4, -0.2) is 29.1 Å². The number of anilines is 1. The van der Waals surface area contributed by atoms with Gasteiger partial charge in [-0.25, -0.2) is 13.2 Å². The molecule has 0 aliphatic carbocycles. The van der Waals surface area contributed by atoms with Gasteiger partial charge < -0.3 is 5.11 Å². The molecule has 0 unspecified atom stereocenters. The Hall–Kier alpha value is -1.71. The molecule has 1 aromatic carbocycles. The molecule has 2 rings (SSSR count). The molecule has 10 heteroatoms. The van der Waals surface area contributed by atoms with Crippen LogP contribution in [0.3, 0.4) is 0 Å². The first-order chi connectivity index (χ1) is 8.90. The molecule has 100 valence electrons. The van der Waals surface area contributed by atoms with E-state index in [1.165, 1.54) is 18.3 Å². The molecule has 0 bridgehead atoms. The number of hydrogen-bond donors (Lipinski definition) is 2. The van der Waals surface area contributed by atoms with E-state index in [0.717, 1.165) is 17.6 Å². The topological polar surface area (TPSA) is 109 Å². The first-order valence-corrected chi connectivity index (χ1v) is 7.36. The summed E-state index contributed by atoms with van der Waals surface area (Å²) >= 11 is 6.64. The molecule has 0 aliphatic rings. The molecule has 0 saturated carbocycles. The number of halogens is 1. The van der Waals surface area contributed by atoms with Crippen LogP contribution in [0.25, 0.3) is 0 Å². The predicted octanol–water partition coefficient (Wildman–Crippen LogP) is 1.69. The third-order valence-corrected chi connectivity index (χ3v) is 4.62. The minimum Gasteiger partial charge on any atom is -0.478 e. The quantitative estimate of drug-likeness (QED) is 0.887. The summed E-state index contributed by atoms with van der Waals surface area (Å²) in [6.07, 6.45) is 1.23. The maximum atomic E-state index is 12.1. The van der Waals surface area contributed by atoms with Crippen LogP contribution >= 0.6 is 23.1 Å². The zero-order chi connectivity index (χ0) is 14.0. The summed E-state index contributed by atoms with van der Waals surface area (Å²) in [5.41, 5.74) is -0.174. The minimum atomic E-state index is -3.98. The highest BCUT2D eigenvalue weighted by Crippen LogP contribution is 2.25. The monoisotopic (exact) mass is 319 g/mol. The number of rotatable bonds is 4. The normalized spacial score (nSPS) is 11.2. The van der Waals surface area contributed by atoms with Crippen LogP contribution < -0.4 is 4.72 Å². The molecule has 1 aromatic heterocycles. The fraction of sp³-hybridized carbons (Fsp3) is 0. The third kappa shape index (κ3) is 3.00. The van der Waals surface area contributed by atoms with Crippen LogP contribution in [-0.2, 0) is 10.0 Å². The molecule has 0 atom stereocenters. The molecule has 0 amide bonds. The van der Waals surface area contributed by atoms with Gasteiger partial charge in [0, 0.05) is 11.5 Å². The number of nitrogens with zero attached hydrogens (tertiary/aromatic N) is 2. The Morgan fingerprint density at radius 2 is 2.16 bits per heavy atom. The standard InChI is InChI=1S/C9H6ClN3O4S2/c10-6-2-1-5(9(14)15)3-7(6)19(16,17)12-8-4-11-13-18-8/h1-4,12H,(H,14,15). The smallest absolute Gasteiger partial charge is 0.335 e. The van der Waals surface area contributed by atoms with E-state index >= 15 is 0 Å². The van der Waals surface area contributed by atoms with Crippen LogP contribution in [0.4, 0.5) is 5.00 Å². The molecule has 0 spiro atoms. The molecule has 2 N–H and O–H groups in total. The van der Waals surface area contributed by atoms with E-state index in [4.69, 9.17) is 16.7 Å². The van der Waals surface area contributed by atoms with Crippen molar-refractivity contribution in [2.24, 2.45) is 0 Å². The SMILES string of the molecule is O=C(O)c1ccc(Cl)c(S(=O)(=O)Nc2cnns2)c1. The summed E-state index contributed by atoms with van der Waals surface area (Å²) in [4.78, 5) is 10.5. The fourth-order valence-corrected chi connectivity index (χ4v) is 3.45. The summed E-state index contributed by atoms with van der Waals surface area (Å²) in [6.45, 7) is 0. The van der Waals surface area contributed by atoms with Crippen molar-refractivity contribution in [1.82, 2.24) is 9.59 Å². The lowest BCUT2D eigenvalue weighted by Crippen LogP contribution is -2.13. The molecule has 0 saturated heterocycles. The van der Waals surface area contributed by atoms with Crippen molar-refractivity contribution in [3.63, 3.8) is 0 Å². The second kappa shape index (κ2) is 5.11. The van der Waals surface area contributed by atoms with E-state index in [9.17, 15) is 13.2 Å². The zero-order valence-electron chi connectivity index (χ0n) is 9.07. The number of aromatic carboxylic acids is 1. The van der Waals surface area contributed by atoms with Crippen molar-refractivity contribution >= 4 is 44.1 Å². The first-order valence-electron chi connectivity index (χ1n) is 4.73. The number of benzene rings is 1. The molecule has 19 heavy (non-hydrogen) atoms. The lowest BCUT2D eigenvalue weighted by atomic mass is 10.2. The minimum absolute atomic E-state index is 0.0741. The van der Waals surface area contributed by atoms with E-state index in [2.05, 4.69) is 14.3 Å². The van der Waals surface area contributed by atoms with Gasteiger partial charge in [0.15, 0.2) is 0 Å². The fourth-order valence-electron chi connectivity index (χ4n) is 1.24. The molecule has 2 aromatic rings. The van der Waals surface area contributed by atoms with E-state index in [-0.39, 0.29) is 20.5 Å². The van der Waals surface area contributed by atoms with Gasteiger partial charge in [-0.1, -0.05) is 16.1 Å². The van der Waals surface area contributed by atoms with Crippen molar-refractivity contribution in [3.8, 4) is 0 Å². The zero-order valence-corrected chi connectivity index (χ0v) is 11.5. The molecule has 7 nitrogen and oxygen atoms in total. The van der Waals surface area contributed by atoms with Crippen LogP contribution in [0.5, 0.6) is 0 Å². The molecule has 0 aliphatic heterocycles. The number of sulfonamides is 1. The van der Waals surface area contributed by atoms with Gasteiger partial charge in [0.25, 0.3) is 10.0 Å². The Morgan fingerprint density at radius 3 is 2.74 bits per heavy atom. The van der Waals surface area contributed by atoms with E-state index < -0.39 is 16.0 Å². The van der Waals surface area contributed by atoms with Gasteiger partial charge in [0.05, 0.1) is 16.8 Å². The Morgan fingerprint density at radius 1 is 1.42 bits per heavy atom. The van der Waals surface area contributed by atoms with Crippen LogP contribution in [0.15, 0.2) is 29.3 Å². The number of carboxylic acids is 1. The van der Waals surface area contributed by atoms with E-state index in [0.29, 0.717) is 0 Å². The average Bonchev–Trinajstić information content (AvgIpc) is 2.81. The van der Waals surface area contributed by atoms with Gasteiger partial charge in [-0.3, -0.25) is 4.72 Å². The van der Waals surface area contributed by atoms with Gasteiger partial charge in [0.2, 0.25) is 0 Å². The number of carbonyl (C=O) groups is 1. The summed E-state index contributed by atoms with van der Waals surface area (Å²) in [5.74, 6) is -1.24. The summed E-state index contributed by atoms with van der Waals surface area (Å²) in [7, 11) is -3.98. The highest BCUT2D eigenvalue weighted by Gasteiger charge is 2.21. The van der Waals surface area contributed by atoms with Crippen LogP contribution in [0.2, 0.25) is 5.02 Å². The number of aromatic nitrogens is 2. The van der Waals surface area contributed by atoms with E-state index in [1.807, 2.05) is 0 Å². The molecular formula is C9H6ClN3O4S2. The average molecular weight is 320 g/mol. The largest absolute Gasteiger partial charge is 0.478 e.